The molecular formula is C19H27FN4O. The minimum atomic E-state index is -0.220. The summed E-state index contributed by atoms with van der Waals surface area (Å²) in [4.78, 5) is 6.95. The molecule has 1 atom stereocenters. The summed E-state index contributed by atoms with van der Waals surface area (Å²) in [5.41, 5.74) is 1.37. The van der Waals surface area contributed by atoms with Gasteiger partial charge in [0.15, 0.2) is 0 Å². The van der Waals surface area contributed by atoms with Gasteiger partial charge in [0, 0.05) is 5.56 Å². The van der Waals surface area contributed by atoms with E-state index in [4.69, 9.17) is 4.52 Å². The Morgan fingerprint density at radius 2 is 2.12 bits per heavy atom. The lowest BCUT2D eigenvalue weighted by atomic mass is 9.93. The van der Waals surface area contributed by atoms with E-state index < -0.39 is 0 Å². The van der Waals surface area contributed by atoms with Crippen molar-refractivity contribution in [3.05, 3.63) is 35.5 Å². The van der Waals surface area contributed by atoms with Crippen molar-refractivity contribution in [1.82, 2.24) is 20.4 Å². The number of nitrogens with zero attached hydrogens (tertiary/aromatic N) is 3. The van der Waals surface area contributed by atoms with E-state index in [1.165, 1.54) is 25.3 Å². The summed E-state index contributed by atoms with van der Waals surface area (Å²) in [6, 6.07) is 4.99. The lowest BCUT2D eigenvalue weighted by molar-refractivity contribution is 0.117. The molecule has 0 bridgehead atoms. The molecule has 1 aliphatic heterocycles. The number of likely N-dealkylation sites (tertiary alicyclic amines) is 1. The zero-order chi connectivity index (χ0) is 17.8. The predicted molar refractivity (Wildman–Crippen MR) is 95.7 cm³/mol. The second-order valence-corrected chi connectivity index (χ2v) is 6.97. The molecular weight excluding hydrogens is 319 g/mol. The molecule has 25 heavy (non-hydrogen) atoms. The van der Waals surface area contributed by atoms with Crippen LogP contribution in [0.1, 0.15) is 43.7 Å². The normalized spacial score (nSPS) is 17.8. The van der Waals surface area contributed by atoms with E-state index in [0.29, 0.717) is 17.3 Å². The minimum absolute atomic E-state index is 0.105. The Balaban J connectivity index is 1.63. The average molecular weight is 346 g/mol. The summed E-state index contributed by atoms with van der Waals surface area (Å²) in [6.45, 7) is 7.05. The molecule has 136 valence electrons. The van der Waals surface area contributed by atoms with Crippen LogP contribution in [0.15, 0.2) is 22.7 Å². The van der Waals surface area contributed by atoms with Crippen LogP contribution in [0.5, 0.6) is 0 Å². The first-order chi connectivity index (χ1) is 12.1. The number of aromatic nitrogens is 2. The maximum absolute atomic E-state index is 13.4. The fraction of sp³-hybridized carbons (Fsp3) is 0.579. The fourth-order valence-electron chi connectivity index (χ4n) is 3.44. The van der Waals surface area contributed by atoms with Gasteiger partial charge in [0.25, 0.3) is 0 Å². The molecule has 0 radical (unpaired) electrons. The molecule has 1 aliphatic rings. The summed E-state index contributed by atoms with van der Waals surface area (Å²) < 4.78 is 18.9. The average Bonchev–Trinajstić information content (AvgIpc) is 3.12. The van der Waals surface area contributed by atoms with E-state index >= 15 is 0 Å². The SMILES string of the molecule is CNCCC1CCN(C(C)c2nc(-c3ccc(F)c(C)c3)no2)CC1. The van der Waals surface area contributed by atoms with Gasteiger partial charge in [-0.2, -0.15) is 4.98 Å². The maximum Gasteiger partial charge on any atom is 0.244 e. The van der Waals surface area contributed by atoms with Gasteiger partial charge >= 0.3 is 0 Å². The van der Waals surface area contributed by atoms with Gasteiger partial charge in [0.05, 0.1) is 6.04 Å². The van der Waals surface area contributed by atoms with Crippen LogP contribution in [-0.4, -0.2) is 41.7 Å². The lowest BCUT2D eigenvalue weighted by Gasteiger charge is -2.34. The zero-order valence-corrected chi connectivity index (χ0v) is 15.3. The van der Waals surface area contributed by atoms with Crippen LogP contribution in [0.25, 0.3) is 11.4 Å². The molecule has 0 aliphatic carbocycles. The first-order valence-corrected chi connectivity index (χ1v) is 9.07. The number of benzene rings is 1. The predicted octanol–water partition coefficient (Wildman–Crippen LogP) is 3.57. The third kappa shape index (κ3) is 4.25. The van der Waals surface area contributed by atoms with Crippen LogP contribution < -0.4 is 5.32 Å². The van der Waals surface area contributed by atoms with Gasteiger partial charge in [-0.15, -0.1) is 0 Å². The maximum atomic E-state index is 13.4. The van der Waals surface area contributed by atoms with Gasteiger partial charge in [-0.3, -0.25) is 4.90 Å². The van der Waals surface area contributed by atoms with Crippen molar-refractivity contribution >= 4 is 0 Å². The largest absolute Gasteiger partial charge is 0.337 e. The molecule has 3 rings (SSSR count). The van der Waals surface area contributed by atoms with Crippen molar-refractivity contribution in [3.8, 4) is 11.4 Å². The van der Waals surface area contributed by atoms with Gasteiger partial charge in [-0.1, -0.05) is 5.16 Å². The monoisotopic (exact) mass is 346 g/mol. The topological polar surface area (TPSA) is 54.2 Å². The first kappa shape index (κ1) is 18.0. The van der Waals surface area contributed by atoms with E-state index in [1.54, 1.807) is 19.1 Å². The third-order valence-corrected chi connectivity index (χ3v) is 5.21. The summed E-state index contributed by atoms with van der Waals surface area (Å²) in [5.74, 6) is 1.73. The van der Waals surface area contributed by atoms with Crippen molar-refractivity contribution in [1.29, 1.82) is 0 Å². The summed E-state index contributed by atoms with van der Waals surface area (Å²) in [6.07, 6.45) is 3.67. The van der Waals surface area contributed by atoms with Crippen molar-refractivity contribution in [2.24, 2.45) is 5.92 Å². The molecule has 2 heterocycles. The van der Waals surface area contributed by atoms with Gasteiger partial charge in [-0.05, 0) is 89.5 Å². The minimum Gasteiger partial charge on any atom is -0.337 e. The van der Waals surface area contributed by atoms with Crippen molar-refractivity contribution in [2.75, 3.05) is 26.7 Å². The Bertz CT molecular complexity index is 694. The number of piperidine rings is 1. The molecule has 5 nitrogen and oxygen atoms in total. The highest BCUT2D eigenvalue weighted by Crippen LogP contribution is 2.28. The number of hydrogen-bond donors (Lipinski definition) is 1. The molecule has 0 saturated carbocycles. The molecule has 0 amide bonds. The zero-order valence-electron chi connectivity index (χ0n) is 15.3. The molecule has 1 fully saturated rings. The second kappa shape index (κ2) is 8.06. The van der Waals surface area contributed by atoms with Crippen molar-refractivity contribution < 1.29 is 8.91 Å². The van der Waals surface area contributed by atoms with E-state index in [-0.39, 0.29) is 11.9 Å². The van der Waals surface area contributed by atoms with E-state index in [2.05, 4.69) is 27.3 Å². The van der Waals surface area contributed by atoms with E-state index in [1.807, 2.05) is 7.05 Å². The Labute approximate surface area is 148 Å². The Hall–Kier alpha value is -1.79. The highest BCUT2D eigenvalue weighted by Gasteiger charge is 2.26. The van der Waals surface area contributed by atoms with Crippen molar-refractivity contribution in [2.45, 2.75) is 39.2 Å². The second-order valence-electron chi connectivity index (χ2n) is 6.97. The van der Waals surface area contributed by atoms with Gasteiger partial charge in [0.2, 0.25) is 11.7 Å². The van der Waals surface area contributed by atoms with Crippen LogP contribution in [0.4, 0.5) is 4.39 Å². The van der Waals surface area contributed by atoms with E-state index in [9.17, 15) is 4.39 Å². The molecule has 1 unspecified atom stereocenters. The van der Waals surface area contributed by atoms with Gasteiger partial charge in [-0.25, -0.2) is 4.39 Å². The van der Waals surface area contributed by atoms with Crippen LogP contribution in [0.3, 0.4) is 0 Å². The summed E-state index contributed by atoms with van der Waals surface area (Å²) in [7, 11) is 2.01. The Kier molecular flexibility index (Phi) is 5.81. The smallest absolute Gasteiger partial charge is 0.244 e. The number of nitrogens with one attached hydrogen (secondary N) is 1. The van der Waals surface area contributed by atoms with Gasteiger partial charge in [0.1, 0.15) is 5.82 Å². The number of rotatable bonds is 6. The van der Waals surface area contributed by atoms with Crippen LogP contribution in [-0.2, 0) is 0 Å². The molecule has 2 aromatic rings. The van der Waals surface area contributed by atoms with Crippen molar-refractivity contribution in [3.63, 3.8) is 0 Å². The lowest BCUT2D eigenvalue weighted by Crippen LogP contribution is -2.36. The highest BCUT2D eigenvalue weighted by molar-refractivity contribution is 5.55. The molecule has 1 aromatic heterocycles. The summed E-state index contributed by atoms with van der Waals surface area (Å²) in [5, 5.41) is 7.32. The summed E-state index contributed by atoms with van der Waals surface area (Å²) >= 11 is 0. The van der Waals surface area contributed by atoms with Gasteiger partial charge < -0.3 is 9.84 Å². The Morgan fingerprint density at radius 3 is 2.80 bits per heavy atom. The van der Waals surface area contributed by atoms with Crippen LogP contribution >= 0.6 is 0 Å². The quantitative estimate of drug-likeness (QED) is 0.867. The Morgan fingerprint density at radius 1 is 1.36 bits per heavy atom. The van der Waals surface area contributed by atoms with E-state index in [0.717, 1.165) is 31.1 Å². The van der Waals surface area contributed by atoms with Crippen LogP contribution in [0, 0.1) is 18.7 Å². The first-order valence-electron chi connectivity index (χ1n) is 9.07. The highest BCUT2D eigenvalue weighted by atomic mass is 19.1. The fourth-order valence-corrected chi connectivity index (χ4v) is 3.44. The molecule has 0 spiro atoms. The molecule has 1 N–H and O–H groups in total. The molecule has 1 aromatic carbocycles. The molecule has 1 saturated heterocycles. The standard InChI is InChI=1S/C19H27FN4O/c1-13-12-16(4-5-17(13)20)18-22-19(25-23-18)14(2)24-10-7-15(8-11-24)6-9-21-3/h4-5,12,14-15,21H,6-11H2,1-3H3. The number of halogens is 1. The molecule has 6 heteroatoms. The number of aryl methyl sites for hydroxylation is 1. The third-order valence-electron chi connectivity index (χ3n) is 5.21. The number of hydrogen-bond acceptors (Lipinski definition) is 5. The van der Waals surface area contributed by atoms with Crippen LogP contribution in [0.2, 0.25) is 0 Å².